The predicted molar refractivity (Wildman–Crippen MR) is 223 cm³/mol. The van der Waals surface area contributed by atoms with E-state index >= 15 is 0 Å². The van der Waals surface area contributed by atoms with Gasteiger partial charge in [0.15, 0.2) is 0 Å². The second-order valence-corrected chi connectivity index (χ2v) is 13.9. The van der Waals surface area contributed by atoms with Gasteiger partial charge in [0.05, 0.1) is 0 Å². The summed E-state index contributed by atoms with van der Waals surface area (Å²) < 4.78 is 0. The maximum absolute atomic E-state index is 2.40. The molecule has 0 aliphatic heterocycles. The average Bonchev–Trinajstić information content (AvgIpc) is 3.55. The van der Waals surface area contributed by atoms with Crippen molar-refractivity contribution in [2.45, 2.75) is 0 Å². The van der Waals surface area contributed by atoms with Gasteiger partial charge in [-0.25, -0.2) is 0 Å². The molecule has 10 aromatic rings. The van der Waals surface area contributed by atoms with Crippen LogP contribution in [0.2, 0.25) is 0 Å². The van der Waals surface area contributed by atoms with Crippen molar-refractivity contribution in [2.24, 2.45) is 0 Å². The molecule has 0 atom stereocenters. The second kappa shape index (κ2) is 11.4. The minimum absolute atomic E-state index is 1.23. The highest BCUT2D eigenvalue weighted by Crippen LogP contribution is 2.59. The third-order valence-electron chi connectivity index (χ3n) is 11.2. The van der Waals surface area contributed by atoms with E-state index in [1.807, 2.05) is 0 Å². The van der Waals surface area contributed by atoms with E-state index in [2.05, 4.69) is 194 Å². The summed E-state index contributed by atoms with van der Waals surface area (Å²) >= 11 is 0. The SMILES string of the molecule is c1ccc(-c2cccc(-c3ccc4c5c(cccc35)-c3c-4c(-c4cccc5ccccc45)c4ccccc4c3-c3cccc4ccccc34)c2)cc1. The van der Waals surface area contributed by atoms with Gasteiger partial charge in [0.1, 0.15) is 0 Å². The zero-order chi connectivity index (χ0) is 34.2. The molecule has 0 saturated carbocycles. The average molecular weight is 657 g/mol. The molecule has 0 heteroatoms. The van der Waals surface area contributed by atoms with Gasteiger partial charge in [-0.05, 0) is 116 Å². The summed E-state index contributed by atoms with van der Waals surface area (Å²) in [4.78, 5) is 0. The highest BCUT2D eigenvalue weighted by atomic mass is 14.3. The van der Waals surface area contributed by atoms with Crippen LogP contribution >= 0.6 is 0 Å². The molecule has 10 aromatic carbocycles. The maximum Gasteiger partial charge on any atom is -0.000718 e. The van der Waals surface area contributed by atoms with E-state index in [1.165, 1.54) is 110 Å². The molecule has 0 N–H and O–H groups in total. The molecule has 1 aliphatic rings. The van der Waals surface area contributed by atoms with Crippen LogP contribution in [0.5, 0.6) is 0 Å². The van der Waals surface area contributed by atoms with Crippen molar-refractivity contribution in [2.75, 3.05) is 0 Å². The number of fused-ring (bicyclic) bond motifs is 6. The van der Waals surface area contributed by atoms with Gasteiger partial charge in [-0.2, -0.15) is 0 Å². The first-order valence-corrected chi connectivity index (χ1v) is 18.1. The van der Waals surface area contributed by atoms with E-state index < -0.39 is 0 Å². The van der Waals surface area contributed by atoms with Gasteiger partial charge in [-0.1, -0.05) is 188 Å². The molecule has 52 heavy (non-hydrogen) atoms. The summed E-state index contributed by atoms with van der Waals surface area (Å²) in [6.07, 6.45) is 0. The number of hydrogen-bond donors (Lipinski definition) is 0. The summed E-state index contributed by atoms with van der Waals surface area (Å²) in [7, 11) is 0. The highest BCUT2D eigenvalue weighted by Gasteiger charge is 2.32. The minimum atomic E-state index is 1.23. The van der Waals surface area contributed by atoms with Crippen molar-refractivity contribution in [1.29, 1.82) is 0 Å². The van der Waals surface area contributed by atoms with E-state index in [0.29, 0.717) is 0 Å². The van der Waals surface area contributed by atoms with Crippen LogP contribution in [0.25, 0.3) is 110 Å². The fourth-order valence-electron chi connectivity index (χ4n) is 9.00. The first-order valence-electron chi connectivity index (χ1n) is 18.1. The van der Waals surface area contributed by atoms with Gasteiger partial charge < -0.3 is 0 Å². The molecule has 0 nitrogen and oxygen atoms in total. The Morgan fingerprint density at radius 2 is 0.635 bits per heavy atom. The number of rotatable bonds is 4. The van der Waals surface area contributed by atoms with Crippen molar-refractivity contribution >= 4 is 43.1 Å². The molecule has 0 aromatic heterocycles. The van der Waals surface area contributed by atoms with Crippen LogP contribution < -0.4 is 0 Å². The summed E-state index contributed by atoms with van der Waals surface area (Å²) in [6, 6.07) is 71.7. The van der Waals surface area contributed by atoms with Crippen molar-refractivity contribution < 1.29 is 0 Å². The zero-order valence-corrected chi connectivity index (χ0v) is 28.5. The van der Waals surface area contributed by atoms with Crippen LogP contribution in [0.3, 0.4) is 0 Å². The Morgan fingerprint density at radius 3 is 1.29 bits per heavy atom. The second-order valence-electron chi connectivity index (χ2n) is 13.9. The molecule has 0 spiro atoms. The fourth-order valence-corrected chi connectivity index (χ4v) is 9.00. The lowest BCUT2D eigenvalue weighted by molar-refractivity contribution is 1.60. The van der Waals surface area contributed by atoms with E-state index in [-0.39, 0.29) is 0 Å². The summed E-state index contributed by atoms with van der Waals surface area (Å²) in [5, 5.41) is 10.2. The van der Waals surface area contributed by atoms with Gasteiger partial charge in [-0.3, -0.25) is 0 Å². The summed E-state index contributed by atoms with van der Waals surface area (Å²) in [6.45, 7) is 0. The predicted octanol–water partition coefficient (Wildman–Crippen LogP) is 14.6. The van der Waals surface area contributed by atoms with Crippen LogP contribution in [0.1, 0.15) is 0 Å². The van der Waals surface area contributed by atoms with Crippen LogP contribution in [-0.2, 0) is 0 Å². The Labute approximate surface area is 302 Å². The zero-order valence-electron chi connectivity index (χ0n) is 28.5. The Hall–Kier alpha value is -6.76. The van der Waals surface area contributed by atoms with Crippen molar-refractivity contribution in [3.63, 3.8) is 0 Å². The molecular formula is C52H32. The minimum Gasteiger partial charge on any atom is -0.0622 e. The first-order chi connectivity index (χ1) is 25.8. The van der Waals surface area contributed by atoms with Gasteiger partial charge in [0.2, 0.25) is 0 Å². The van der Waals surface area contributed by atoms with E-state index in [4.69, 9.17) is 0 Å². The molecule has 0 amide bonds. The topological polar surface area (TPSA) is 0 Å². The van der Waals surface area contributed by atoms with Crippen LogP contribution in [0, 0.1) is 0 Å². The molecule has 240 valence electrons. The Balaban J connectivity index is 1.29. The lowest BCUT2D eigenvalue weighted by Gasteiger charge is -2.22. The molecule has 0 fully saturated rings. The molecule has 0 radical (unpaired) electrons. The fraction of sp³-hybridized carbons (Fsp3) is 0. The third-order valence-corrected chi connectivity index (χ3v) is 11.2. The van der Waals surface area contributed by atoms with Gasteiger partial charge >= 0.3 is 0 Å². The van der Waals surface area contributed by atoms with Crippen molar-refractivity contribution in [3.05, 3.63) is 194 Å². The normalized spacial score (nSPS) is 11.8. The van der Waals surface area contributed by atoms with Crippen molar-refractivity contribution in [3.8, 4) is 66.8 Å². The van der Waals surface area contributed by atoms with E-state index in [0.717, 1.165) is 0 Å². The van der Waals surface area contributed by atoms with Gasteiger partial charge in [0.25, 0.3) is 0 Å². The Bertz CT molecular complexity index is 2910. The van der Waals surface area contributed by atoms with Crippen LogP contribution in [0.4, 0.5) is 0 Å². The molecule has 0 unspecified atom stereocenters. The standard InChI is InChI=1S/C52H32/c1-2-14-33(15-3-1)36-20-10-21-37(32-36)40-30-31-47-48-41(40)28-13-29-46(48)51-49(42-26-11-18-34-16-4-6-22-38(34)42)44-24-8-9-25-45(44)50(52(47)51)43-27-12-19-35-17-5-7-23-39(35)43/h1-32H. The lowest BCUT2D eigenvalue weighted by Crippen LogP contribution is -1.94. The Morgan fingerprint density at radius 1 is 0.212 bits per heavy atom. The van der Waals surface area contributed by atoms with Crippen molar-refractivity contribution in [1.82, 2.24) is 0 Å². The third kappa shape index (κ3) is 4.22. The smallest absolute Gasteiger partial charge is 0.000718 e. The lowest BCUT2D eigenvalue weighted by atomic mass is 9.81. The molecular weight excluding hydrogens is 625 g/mol. The van der Waals surface area contributed by atoms with Crippen LogP contribution in [0.15, 0.2) is 194 Å². The van der Waals surface area contributed by atoms with E-state index in [1.54, 1.807) is 0 Å². The highest BCUT2D eigenvalue weighted by molar-refractivity contribution is 6.30. The number of benzene rings is 10. The van der Waals surface area contributed by atoms with E-state index in [9.17, 15) is 0 Å². The summed E-state index contributed by atoms with van der Waals surface area (Å²) in [5.41, 5.74) is 15.4. The molecule has 0 bridgehead atoms. The largest absolute Gasteiger partial charge is 0.0622 e. The maximum atomic E-state index is 2.40. The van der Waals surface area contributed by atoms with Gasteiger partial charge in [-0.15, -0.1) is 0 Å². The van der Waals surface area contributed by atoms with Crippen LogP contribution in [-0.4, -0.2) is 0 Å². The Kier molecular flexibility index (Phi) is 6.35. The van der Waals surface area contributed by atoms with Gasteiger partial charge in [0, 0.05) is 0 Å². The number of hydrogen-bond acceptors (Lipinski definition) is 0. The molecule has 1 aliphatic carbocycles. The monoisotopic (exact) mass is 656 g/mol. The summed E-state index contributed by atoms with van der Waals surface area (Å²) in [5.74, 6) is 0. The quantitative estimate of drug-likeness (QED) is 0.177. The molecule has 0 heterocycles. The molecule has 11 rings (SSSR count). The molecule has 0 saturated heterocycles. The first kappa shape index (κ1) is 29.0.